The van der Waals surface area contributed by atoms with Crippen molar-refractivity contribution in [3.8, 4) is 5.75 Å². The third kappa shape index (κ3) is 2.10. The summed E-state index contributed by atoms with van der Waals surface area (Å²) in [6.07, 6.45) is 0. The highest BCUT2D eigenvalue weighted by atomic mass is 16.5. The molecule has 0 saturated heterocycles. The first-order valence-corrected chi connectivity index (χ1v) is 7.63. The molecule has 0 fully saturated rings. The second-order valence-corrected chi connectivity index (χ2v) is 5.64. The van der Waals surface area contributed by atoms with Crippen molar-refractivity contribution < 1.29 is 14.3 Å². The van der Waals surface area contributed by atoms with Gasteiger partial charge in [0.2, 0.25) is 0 Å². The van der Waals surface area contributed by atoms with Gasteiger partial charge in [-0.1, -0.05) is 12.1 Å². The SMILES string of the molecule is CCOc1ccc(C2C3=C(COC3=O)Nc3n[nH]c(C)c32)cc1. The van der Waals surface area contributed by atoms with Crippen LogP contribution in [0.4, 0.5) is 5.82 Å². The van der Waals surface area contributed by atoms with Crippen LogP contribution in [0.25, 0.3) is 0 Å². The molecule has 0 spiro atoms. The van der Waals surface area contributed by atoms with Crippen LogP contribution in [0.1, 0.15) is 29.7 Å². The maximum atomic E-state index is 12.2. The van der Waals surface area contributed by atoms with Gasteiger partial charge in [-0.3, -0.25) is 5.10 Å². The number of fused-ring (bicyclic) bond motifs is 1. The number of nitrogens with one attached hydrogen (secondary N) is 2. The number of carbonyl (C=O) groups is 1. The summed E-state index contributed by atoms with van der Waals surface area (Å²) in [5, 5.41) is 10.5. The topological polar surface area (TPSA) is 76.2 Å². The van der Waals surface area contributed by atoms with Gasteiger partial charge in [0.05, 0.1) is 17.9 Å². The summed E-state index contributed by atoms with van der Waals surface area (Å²) in [5.41, 5.74) is 4.43. The van der Waals surface area contributed by atoms with Crippen LogP contribution in [-0.4, -0.2) is 29.4 Å². The fourth-order valence-corrected chi connectivity index (χ4v) is 3.24. The zero-order chi connectivity index (χ0) is 16.0. The number of esters is 1. The Morgan fingerprint density at radius 1 is 1.35 bits per heavy atom. The largest absolute Gasteiger partial charge is 0.494 e. The molecule has 0 aliphatic carbocycles. The van der Waals surface area contributed by atoms with Crippen molar-refractivity contribution in [3.63, 3.8) is 0 Å². The van der Waals surface area contributed by atoms with E-state index in [1.54, 1.807) is 0 Å². The summed E-state index contributed by atoms with van der Waals surface area (Å²) in [4.78, 5) is 12.2. The summed E-state index contributed by atoms with van der Waals surface area (Å²) in [5.74, 6) is 1.14. The first kappa shape index (κ1) is 13.9. The van der Waals surface area contributed by atoms with Crippen molar-refractivity contribution in [1.82, 2.24) is 10.2 Å². The van der Waals surface area contributed by atoms with Gasteiger partial charge in [0.1, 0.15) is 12.4 Å². The molecule has 2 aliphatic rings. The van der Waals surface area contributed by atoms with Crippen LogP contribution in [0.3, 0.4) is 0 Å². The minimum atomic E-state index is -0.266. The van der Waals surface area contributed by atoms with Crippen LogP contribution in [0.15, 0.2) is 35.5 Å². The number of benzene rings is 1. The first-order chi connectivity index (χ1) is 11.2. The second-order valence-electron chi connectivity index (χ2n) is 5.64. The van der Waals surface area contributed by atoms with Crippen LogP contribution < -0.4 is 10.1 Å². The number of hydrogen-bond donors (Lipinski definition) is 2. The predicted molar refractivity (Wildman–Crippen MR) is 84.4 cm³/mol. The molecular weight excluding hydrogens is 294 g/mol. The molecule has 1 aromatic heterocycles. The first-order valence-electron chi connectivity index (χ1n) is 7.63. The zero-order valence-electron chi connectivity index (χ0n) is 13.0. The lowest BCUT2D eigenvalue weighted by molar-refractivity contribution is -0.136. The number of rotatable bonds is 3. The van der Waals surface area contributed by atoms with E-state index in [4.69, 9.17) is 9.47 Å². The van der Waals surface area contributed by atoms with Gasteiger partial charge in [-0.2, -0.15) is 5.10 Å². The molecule has 0 amide bonds. The average molecular weight is 311 g/mol. The van der Waals surface area contributed by atoms with E-state index in [0.717, 1.165) is 34.1 Å². The molecule has 0 radical (unpaired) electrons. The van der Waals surface area contributed by atoms with E-state index in [1.165, 1.54) is 0 Å². The molecule has 3 heterocycles. The van der Waals surface area contributed by atoms with Crippen LogP contribution in [-0.2, 0) is 9.53 Å². The Bertz CT molecular complexity index is 805. The van der Waals surface area contributed by atoms with E-state index in [1.807, 2.05) is 38.1 Å². The van der Waals surface area contributed by atoms with E-state index in [-0.39, 0.29) is 18.5 Å². The smallest absolute Gasteiger partial charge is 0.337 e. The van der Waals surface area contributed by atoms with E-state index in [9.17, 15) is 4.79 Å². The fraction of sp³-hybridized carbons (Fsp3) is 0.294. The highest BCUT2D eigenvalue weighted by molar-refractivity contribution is 5.97. The zero-order valence-corrected chi connectivity index (χ0v) is 13.0. The molecule has 0 saturated carbocycles. The van der Waals surface area contributed by atoms with Gasteiger partial charge in [0, 0.05) is 17.2 Å². The molecular formula is C17H17N3O3. The van der Waals surface area contributed by atoms with Crippen LogP contribution in [0.2, 0.25) is 0 Å². The molecule has 6 nitrogen and oxygen atoms in total. The van der Waals surface area contributed by atoms with Crippen LogP contribution >= 0.6 is 0 Å². The van der Waals surface area contributed by atoms with Gasteiger partial charge in [0.15, 0.2) is 5.82 Å². The van der Waals surface area contributed by atoms with Crippen molar-refractivity contribution in [2.45, 2.75) is 19.8 Å². The highest BCUT2D eigenvalue weighted by Crippen LogP contribution is 2.44. The summed E-state index contributed by atoms with van der Waals surface area (Å²) in [6, 6.07) is 7.84. The third-order valence-electron chi connectivity index (χ3n) is 4.26. The molecule has 2 N–H and O–H groups in total. The Hall–Kier alpha value is -2.76. The van der Waals surface area contributed by atoms with E-state index in [2.05, 4.69) is 15.5 Å². The molecule has 1 atom stereocenters. The van der Waals surface area contributed by atoms with Gasteiger partial charge in [-0.15, -0.1) is 0 Å². The lowest BCUT2D eigenvalue weighted by atomic mass is 9.82. The number of H-pyrrole nitrogens is 1. The molecule has 1 unspecified atom stereocenters. The Morgan fingerprint density at radius 3 is 2.87 bits per heavy atom. The second kappa shape index (κ2) is 5.15. The average Bonchev–Trinajstić information content (AvgIpc) is 3.11. The standard InChI is InChI=1S/C17H17N3O3/c1-3-22-11-6-4-10(5-7-11)14-13-9(2)19-20-16(13)18-12-8-23-17(21)15(12)14/h4-7,14H,3,8H2,1-2H3,(H2,18,19,20). The minimum Gasteiger partial charge on any atom is -0.494 e. The number of aromatic nitrogens is 2. The van der Waals surface area contributed by atoms with Gasteiger partial charge in [0.25, 0.3) is 0 Å². The molecule has 4 rings (SSSR count). The molecule has 2 aliphatic heterocycles. The lowest BCUT2D eigenvalue weighted by Gasteiger charge is -2.24. The van der Waals surface area contributed by atoms with E-state index < -0.39 is 0 Å². The van der Waals surface area contributed by atoms with Crippen LogP contribution in [0.5, 0.6) is 5.75 Å². The maximum Gasteiger partial charge on any atom is 0.337 e. The number of carbonyl (C=O) groups excluding carboxylic acids is 1. The van der Waals surface area contributed by atoms with Crippen molar-refractivity contribution in [2.24, 2.45) is 0 Å². The Kier molecular flexibility index (Phi) is 3.11. The summed E-state index contributed by atoms with van der Waals surface area (Å²) < 4.78 is 10.7. The van der Waals surface area contributed by atoms with E-state index in [0.29, 0.717) is 12.2 Å². The molecule has 118 valence electrons. The monoisotopic (exact) mass is 311 g/mol. The number of cyclic esters (lactones) is 1. The van der Waals surface area contributed by atoms with Gasteiger partial charge >= 0.3 is 5.97 Å². The number of aryl methyl sites for hydroxylation is 1. The van der Waals surface area contributed by atoms with Crippen molar-refractivity contribution >= 4 is 11.8 Å². The molecule has 23 heavy (non-hydrogen) atoms. The normalized spacial score (nSPS) is 19.0. The maximum absolute atomic E-state index is 12.2. The van der Waals surface area contributed by atoms with Gasteiger partial charge in [-0.25, -0.2) is 4.79 Å². The Morgan fingerprint density at radius 2 is 2.13 bits per heavy atom. The summed E-state index contributed by atoms with van der Waals surface area (Å²) in [6.45, 7) is 4.81. The van der Waals surface area contributed by atoms with Gasteiger partial charge < -0.3 is 14.8 Å². The Balaban J connectivity index is 1.83. The minimum absolute atomic E-state index is 0.175. The number of aromatic amines is 1. The quantitative estimate of drug-likeness (QED) is 0.852. The highest BCUT2D eigenvalue weighted by Gasteiger charge is 2.40. The molecule has 2 aromatic rings. The fourth-order valence-electron chi connectivity index (χ4n) is 3.24. The number of anilines is 1. The summed E-state index contributed by atoms with van der Waals surface area (Å²) in [7, 11) is 0. The van der Waals surface area contributed by atoms with Crippen LogP contribution in [0, 0.1) is 6.92 Å². The van der Waals surface area contributed by atoms with Crippen molar-refractivity contribution in [2.75, 3.05) is 18.5 Å². The number of nitrogens with zero attached hydrogens (tertiary/aromatic N) is 1. The van der Waals surface area contributed by atoms with Crippen molar-refractivity contribution in [3.05, 3.63) is 52.4 Å². The molecule has 0 bridgehead atoms. The number of hydrogen-bond acceptors (Lipinski definition) is 5. The summed E-state index contributed by atoms with van der Waals surface area (Å²) >= 11 is 0. The predicted octanol–water partition coefficient (Wildman–Crippen LogP) is 2.49. The third-order valence-corrected chi connectivity index (χ3v) is 4.26. The van der Waals surface area contributed by atoms with E-state index >= 15 is 0 Å². The molecule has 6 heteroatoms. The van der Waals surface area contributed by atoms with Gasteiger partial charge in [-0.05, 0) is 31.5 Å². The molecule has 1 aromatic carbocycles. The lowest BCUT2D eigenvalue weighted by Crippen LogP contribution is -2.19. The van der Waals surface area contributed by atoms with Crippen molar-refractivity contribution in [1.29, 1.82) is 0 Å². The Labute approximate surface area is 133 Å². The number of ether oxygens (including phenoxy) is 2.